The maximum atomic E-state index is 5.77. The van der Waals surface area contributed by atoms with Gasteiger partial charge in [0, 0.05) is 12.0 Å². The Labute approximate surface area is 99.0 Å². The number of nitrogens with one attached hydrogen (secondary N) is 2. The van der Waals surface area contributed by atoms with Crippen molar-refractivity contribution in [2.75, 3.05) is 17.7 Å². The zero-order valence-electron chi connectivity index (χ0n) is 9.31. The maximum absolute atomic E-state index is 5.77. The molecule has 88 valence electrons. The Balaban J connectivity index is 1.88. The van der Waals surface area contributed by atoms with Crippen LogP contribution in [0.15, 0.2) is 30.5 Å². The highest BCUT2D eigenvalue weighted by atomic mass is 16.5. The number of benzene rings is 1. The molecule has 0 radical (unpaired) electrons. The van der Waals surface area contributed by atoms with E-state index >= 15 is 0 Å². The summed E-state index contributed by atoms with van der Waals surface area (Å²) in [6.45, 7) is 0.715. The van der Waals surface area contributed by atoms with Crippen LogP contribution in [0.2, 0.25) is 0 Å². The van der Waals surface area contributed by atoms with Gasteiger partial charge in [-0.2, -0.15) is 5.10 Å². The lowest BCUT2D eigenvalue weighted by molar-refractivity contribution is 0.274. The van der Waals surface area contributed by atoms with Crippen molar-refractivity contribution in [3.05, 3.63) is 36.0 Å². The number of para-hydroxylation sites is 1. The second-order valence-electron chi connectivity index (χ2n) is 4.07. The minimum absolute atomic E-state index is 0.222. The van der Waals surface area contributed by atoms with E-state index in [2.05, 4.69) is 21.6 Å². The van der Waals surface area contributed by atoms with Crippen molar-refractivity contribution in [3.63, 3.8) is 0 Å². The third kappa shape index (κ3) is 1.80. The number of aromatic nitrogens is 2. The van der Waals surface area contributed by atoms with E-state index in [1.54, 1.807) is 6.20 Å². The molecule has 1 atom stereocenters. The van der Waals surface area contributed by atoms with E-state index in [1.165, 1.54) is 5.56 Å². The molecule has 0 fully saturated rings. The molecule has 0 aliphatic carbocycles. The second-order valence-corrected chi connectivity index (χ2v) is 4.07. The first-order chi connectivity index (χ1) is 8.34. The number of aromatic amines is 1. The molecular formula is C12H14N4O. The normalized spacial score (nSPS) is 18.2. The fourth-order valence-electron chi connectivity index (χ4n) is 2.09. The molecule has 0 saturated carbocycles. The van der Waals surface area contributed by atoms with Gasteiger partial charge in [-0.1, -0.05) is 18.2 Å². The highest BCUT2D eigenvalue weighted by molar-refractivity contribution is 5.61. The Kier molecular flexibility index (Phi) is 2.36. The SMILES string of the molecule is Nc1[nH]ncc1NC1CCOc2ccccc21. The molecular weight excluding hydrogens is 216 g/mol. The van der Waals surface area contributed by atoms with Crippen LogP contribution in [0.5, 0.6) is 5.75 Å². The molecule has 0 saturated heterocycles. The van der Waals surface area contributed by atoms with E-state index in [-0.39, 0.29) is 6.04 Å². The highest BCUT2D eigenvalue weighted by Crippen LogP contribution is 2.34. The molecule has 5 heteroatoms. The van der Waals surface area contributed by atoms with Crippen LogP contribution in [0.4, 0.5) is 11.5 Å². The standard InChI is InChI=1S/C12H14N4O/c13-12-10(7-14-16-12)15-9-5-6-17-11-4-2-1-3-8(9)11/h1-4,7,9,15H,5-6H2,(H3,13,14,16). The lowest BCUT2D eigenvalue weighted by Crippen LogP contribution is -2.20. The summed E-state index contributed by atoms with van der Waals surface area (Å²) >= 11 is 0. The fourth-order valence-corrected chi connectivity index (χ4v) is 2.09. The average molecular weight is 230 g/mol. The van der Waals surface area contributed by atoms with Gasteiger partial charge in [0.25, 0.3) is 0 Å². The summed E-state index contributed by atoms with van der Waals surface area (Å²) in [5.74, 6) is 1.51. The zero-order valence-corrected chi connectivity index (χ0v) is 9.31. The van der Waals surface area contributed by atoms with Crippen molar-refractivity contribution in [3.8, 4) is 5.75 Å². The van der Waals surface area contributed by atoms with Crippen LogP contribution in [0, 0.1) is 0 Å². The minimum Gasteiger partial charge on any atom is -0.493 e. The van der Waals surface area contributed by atoms with E-state index in [1.807, 2.05) is 18.2 Å². The summed E-state index contributed by atoms with van der Waals surface area (Å²) in [4.78, 5) is 0. The van der Waals surface area contributed by atoms with Crippen molar-refractivity contribution in [1.29, 1.82) is 0 Å². The van der Waals surface area contributed by atoms with E-state index in [9.17, 15) is 0 Å². The van der Waals surface area contributed by atoms with Gasteiger partial charge in [-0.15, -0.1) is 0 Å². The van der Waals surface area contributed by atoms with Crippen LogP contribution in [0.3, 0.4) is 0 Å². The Morgan fingerprint density at radius 1 is 1.41 bits per heavy atom. The van der Waals surface area contributed by atoms with Gasteiger partial charge in [0.05, 0.1) is 24.5 Å². The fraction of sp³-hybridized carbons (Fsp3) is 0.250. The minimum atomic E-state index is 0.222. The van der Waals surface area contributed by atoms with Crippen molar-refractivity contribution in [1.82, 2.24) is 10.2 Å². The zero-order chi connectivity index (χ0) is 11.7. The smallest absolute Gasteiger partial charge is 0.142 e. The summed E-state index contributed by atoms with van der Waals surface area (Å²) in [6, 6.07) is 8.28. The van der Waals surface area contributed by atoms with Gasteiger partial charge in [0.1, 0.15) is 11.6 Å². The van der Waals surface area contributed by atoms with Gasteiger partial charge in [-0.05, 0) is 6.07 Å². The Bertz CT molecular complexity index is 523. The molecule has 5 nitrogen and oxygen atoms in total. The largest absolute Gasteiger partial charge is 0.493 e. The first-order valence-corrected chi connectivity index (χ1v) is 5.61. The third-order valence-electron chi connectivity index (χ3n) is 2.96. The molecule has 0 bridgehead atoms. The first kappa shape index (κ1) is 10.0. The molecule has 1 aromatic carbocycles. The molecule has 2 heterocycles. The van der Waals surface area contributed by atoms with Gasteiger partial charge in [-0.25, -0.2) is 0 Å². The van der Waals surface area contributed by atoms with Crippen LogP contribution in [-0.2, 0) is 0 Å². The van der Waals surface area contributed by atoms with E-state index in [4.69, 9.17) is 10.5 Å². The number of hydrogen-bond acceptors (Lipinski definition) is 4. The van der Waals surface area contributed by atoms with Crippen molar-refractivity contribution in [2.45, 2.75) is 12.5 Å². The number of nitrogen functional groups attached to an aromatic ring is 1. The quantitative estimate of drug-likeness (QED) is 0.736. The average Bonchev–Trinajstić information content (AvgIpc) is 2.76. The van der Waals surface area contributed by atoms with E-state index in [0.717, 1.165) is 17.9 Å². The molecule has 1 aliphatic rings. The predicted molar refractivity (Wildman–Crippen MR) is 65.9 cm³/mol. The molecule has 1 unspecified atom stereocenters. The predicted octanol–water partition coefficient (Wildman–Crippen LogP) is 1.93. The molecule has 1 aliphatic heterocycles. The summed E-state index contributed by atoms with van der Waals surface area (Å²) in [5, 5.41) is 10.0. The summed E-state index contributed by atoms with van der Waals surface area (Å²) in [5.41, 5.74) is 7.77. The van der Waals surface area contributed by atoms with E-state index < -0.39 is 0 Å². The molecule has 3 rings (SSSR count). The Morgan fingerprint density at radius 3 is 3.12 bits per heavy atom. The van der Waals surface area contributed by atoms with Crippen LogP contribution < -0.4 is 15.8 Å². The lowest BCUT2D eigenvalue weighted by Gasteiger charge is -2.27. The van der Waals surface area contributed by atoms with Crippen LogP contribution in [0.1, 0.15) is 18.0 Å². The number of nitrogens with zero attached hydrogens (tertiary/aromatic N) is 1. The topological polar surface area (TPSA) is 76.0 Å². The molecule has 1 aromatic heterocycles. The Hall–Kier alpha value is -2.17. The lowest BCUT2D eigenvalue weighted by atomic mass is 10.0. The number of anilines is 2. The van der Waals surface area contributed by atoms with E-state index in [0.29, 0.717) is 12.4 Å². The van der Waals surface area contributed by atoms with Crippen molar-refractivity contribution in [2.24, 2.45) is 0 Å². The number of rotatable bonds is 2. The number of hydrogen-bond donors (Lipinski definition) is 3. The second kappa shape index (κ2) is 4.01. The van der Waals surface area contributed by atoms with Gasteiger partial charge < -0.3 is 15.8 Å². The molecule has 0 amide bonds. The van der Waals surface area contributed by atoms with Gasteiger partial charge in [-0.3, -0.25) is 5.10 Å². The molecule has 2 aromatic rings. The number of fused-ring (bicyclic) bond motifs is 1. The summed E-state index contributed by atoms with van der Waals surface area (Å²) in [6.07, 6.45) is 2.62. The van der Waals surface area contributed by atoms with Crippen LogP contribution in [-0.4, -0.2) is 16.8 Å². The maximum Gasteiger partial charge on any atom is 0.142 e. The first-order valence-electron chi connectivity index (χ1n) is 5.61. The molecule has 4 N–H and O–H groups in total. The monoisotopic (exact) mass is 230 g/mol. The van der Waals surface area contributed by atoms with Crippen LogP contribution >= 0.6 is 0 Å². The van der Waals surface area contributed by atoms with Gasteiger partial charge in [0.2, 0.25) is 0 Å². The summed E-state index contributed by atoms with van der Waals surface area (Å²) < 4.78 is 5.61. The summed E-state index contributed by atoms with van der Waals surface area (Å²) in [7, 11) is 0. The number of ether oxygens (including phenoxy) is 1. The third-order valence-corrected chi connectivity index (χ3v) is 2.96. The number of nitrogens with two attached hydrogens (primary N) is 1. The van der Waals surface area contributed by atoms with Crippen molar-refractivity contribution >= 4 is 11.5 Å². The van der Waals surface area contributed by atoms with Gasteiger partial charge in [0.15, 0.2) is 0 Å². The number of H-pyrrole nitrogens is 1. The van der Waals surface area contributed by atoms with Crippen LogP contribution in [0.25, 0.3) is 0 Å². The van der Waals surface area contributed by atoms with Gasteiger partial charge >= 0.3 is 0 Å². The highest BCUT2D eigenvalue weighted by Gasteiger charge is 2.21. The molecule has 0 spiro atoms. The Morgan fingerprint density at radius 2 is 2.29 bits per heavy atom. The molecule has 17 heavy (non-hydrogen) atoms. The van der Waals surface area contributed by atoms with Crippen molar-refractivity contribution < 1.29 is 4.74 Å².